The maximum Gasteiger partial charge on any atom is 0.213 e. The largest absolute Gasteiger partial charge is 0.265 e. The number of hydrogen-bond acceptors (Lipinski definition) is 6. The number of nitro groups is 3. The van der Waals surface area contributed by atoms with E-state index >= 15 is 0 Å². The Morgan fingerprint density at radius 2 is 0.800 bits per heavy atom. The van der Waals surface area contributed by atoms with E-state index in [1.807, 2.05) is 37.3 Å². The van der Waals surface area contributed by atoms with E-state index in [4.69, 9.17) is 0 Å². The van der Waals surface area contributed by atoms with E-state index in [9.17, 15) is 30.3 Å². The van der Waals surface area contributed by atoms with Gasteiger partial charge in [0.05, 0.1) is 0 Å². The van der Waals surface area contributed by atoms with Crippen molar-refractivity contribution in [3.05, 3.63) is 66.2 Å². The van der Waals surface area contributed by atoms with Gasteiger partial charge in [-0.05, 0) is 31.2 Å². The van der Waals surface area contributed by atoms with Crippen LogP contribution in [0.5, 0.6) is 0 Å². The van der Waals surface area contributed by atoms with E-state index in [2.05, 4.69) is 13.8 Å². The fourth-order valence-corrected chi connectivity index (χ4v) is 6.05. The molecule has 0 radical (unpaired) electrons. The van der Waals surface area contributed by atoms with E-state index in [1.165, 1.54) is 140 Å². The normalized spacial score (nSPS) is 11.2. The molecule has 0 fully saturated rings. The first kappa shape index (κ1) is 49.5. The molecule has 0 aliphatic heterocycles. The van der Waals surface area contributed by atoms with Gasteiger partial charge in [-0.15, -0.1) is 0 Å². The third-order valence-electron chi connectivity index (χ3n) is 9.15. The van der Waals surface area contributed by atoms with Crippen LogP contribution in [0.2, 0.25) is 0 Å². The van der Waals surface area contributed by atoms with E-state index in [1.54, 1.807) is 0 Å². The minimum atomic E-state index is -0.293. The predicted molar refractivity (Wildman–Crippen MR) is 211 cm³/mol. The molecule has 0 bridgehead atoms. The molecular formula is C41H77N3O6. The van der Waals surface area contributed by atoms with Crippen molar-refractivity contribution < 1.29 is 14.8 Å². The molecule has 292 valence electrons. The predicted octanol–water partition coefficient (Wildman–Crippen LogP) is 13.4. The van der Waals surface area contributed by atoms with Gasteiger partial charge in [0.25, 0.3) is 0 Å². The molecule has 1 atom stereocenters. The van der Waals surface area contributed by atoms with Crippen molar-refractivity contribution in [2.45, 2.75) is 213 Å². The average molecular weight is 708 g/mol. The summed E-state index contributed by atoms with van der Waals surface area (Å²) in [7, 11) is 0. The van der Waals surface area contributed by atoms with Gasteiger partial charge in [0.15, 0.2) is 0 Å². The first-order chi connectivity index (χ1) is 24.3. The topological polar surface area (TPSA) is 129 Å². The Labute approximate surface area is 306 Å². The Morgan fingerprint density at radius 1 is 0.440 bits per heavy atom. The number of aryl methyl sites for hydroxylation is 1. The lowest BCUT2D eigenvalue weighted by atomic mass is 10.0. The molecule has 0 spiro atoms. The van der Waals surface area contributed by atoms with Crippen LogP contribution >= 0.6 is 0 Å². The van der Waals surface area contributed by atoms with Gasteiger partial charge in [0.2, 0.25) is 19.1 Å². The molecule has 1 unspecified atom stereocenters. The summed E-state index contributed by atoms with van der Waals surface area (Å²) in [5.74, 6) is 0. The molecule has 1 aromatic carbocycles. The van der Waals surface area contributed by atoms with E-state index in [-0.39, 0.29) is 33.9 Å². The highest BCUT2D eigenvalue weighted by Crippen LogP contribution is 2.15. The Morgan fingerprint density at radius 3 is 1.16 bits per heavy atom. The van der Waals surface area contributed by atoms with Gasteiger partial charge in [-0.1, -0.05) is 186 Å². The fraction of sp³-hybridized carbons (Fsp3) is 0.854. The monoisotopic (exact) mass is 708 g/mol. The molecule has 0 N–H and O–H groups in total. The third-order valence-corrected chi connectivity index (χ3v) is 9.15. The van der Waals surface area contributed by atoms with Gasteiger partial charge in [-0.3, -0.25) is 30.3 Å². The van der Waals surface area contributed by atoms with Crippen LogP contribution in [-0.4, -0.2) is 33.9 Å². The summed E-state index contributed by atoms with van der Waals surface area (Å²) in [5.41, 5.74) is 1.17. The number of hydrogen-bond donors (Lipinski definition) is 0. The van der Waals surface area contributed by atoms with Crippen molar-refractivity contribution in [2.75, 3.05) is 13.1 Å². The van der Waals surface area contributed by atoms with Crippen molar-refractivity contribution in [3.63, 3.8) is 0 Å². The molecule has 0 aliphatic rings. The van der Waals surface area contributed by atoms with Crippen molar-refractivity contribution >= 4 is 0 Å². The highest BCUT2D eigenvalue weighted by atomic mass is 16.6. The van der Waals surface area contributed by atoms with E-state index < -0.39 is 0 Å². The van der Waals surface area contributed by atoms with Gasteiger partial charge < -0.3 is 0 Å². The van der Waals surface area contributed by atoms with Crippen LogP contribution in [0, 0.1) is 30.3 Å². The van der Waals surface area contributed by atoms with Gasteiger partial charge in [0.1, 0.15) is 0 Å². The second-order valence-corrected chi connectivity index (χ2v) is 14.0. The van der Waals surface area contributed by atoms with Crippen molar-refractivity contribution in [1.82, 2.24) is 0 Å². The van der Waals surface area contributed by atoms with Crippen LogP contribution in [-0.2, 0) is 6.42 Å². The van der Waals surface area contributed by atoms with Crippen LogP contribution in [0.25, 0.3) is 0 Å². The quantitative estimate of drug-likeness (QED) is 0.0406. The van der Waals surface area contributed by atoms with Gasteiger partial charge in [-0.25, -0.2) is 0 Å². The molecule has 9 heteroatoms. The van der Waals surface area contributed by atoms with Crippen LogP contribution in [0.15, 0.2) is 30.3 Å². The van der Waals surface area contributed by atoms with Gasteiger partial charge in [0, 0.05) is 40.5 Å². The van der Waals surface area contributed by atoms with Gasteiger partial charge in [-0.2, -0.15) is 0 Å². The Hall–Kier alpha value is -2.58. The molecule has 9 nitrogen and oxygen atoms in total. The Kier molecular flexibility index (Phi) is 40.5. The lowest BCUT2D eigenvalue weighted by molar-refractivity contribution is -0.524. The summed E-state index contributed by atoms with van der Waals surface area (Å²) < 4.78 is 0. The van der Waals surface area contributed by atoms with Crippen LogP contribution in [0.4, 0.5) is 0 Å². The summed E-state index contributed by atoms with van der Waals surface area (Å²) in [5, 5.41) is 30.9. The fourth-order valence-electron chi connectivity index (χ4n) is 6.05. The zero-order valence-corrected chi connectivity index (χ0v) is 32.7. The summed E-state index contributed by atoms with van der Waals surface area (Å²) in [6.07, 6.45) is 34.8. The number of unbranched alkanes of at least 4 members (excludes halogenated alkanes) is 22. The second kappa shape index (κ2) is 40.8. The Balaban J connectivity index is 0. The molecule has 0 amide bonds. The minimum Gasteiger partial charge on any atom is -0.265 e. The summed E-state index contributed by atoms with van der Waals surface area (Å²) in [4.78, 5) is 30.3. The highest BCUT2D eigenvalue weighted by Gasteiger charge is 2.17. The van der Waals surface area contributed by atoms with Crippen LogP contribution < -0.4 is 0 Å². The number of rotatable bonds is 33. The molecule has 0 aromatic heterocycles. The smallest absolute Gasteiger partial charge is 0.213 e. The number of benzene rings is 1. The van der Waals surface area contributed by atoms with Crippen LogP contribution in [0.3, 0.4) is 0 Å². The highest BCUT2D eigenvalue weighted by molar-refractivity contribution is 5.14. The van der Waals surface area contributed by atoms with Crippen molar-refractivity contribution in [1.29, 1.82) is 0 Å². The molecule has 1 rings (SSSR count). The molecular weight excluding hydrogens is 630 g/mol. The first-order valence-electron chi connectivity index (χ1n) is 20.7. The standard InChI is InChI=1S/C17H35NO2.C15H31NO2.C9H11NO2/c1-3-5-6-7-8-9-10-11-12-13-14-16-17(15-4-2)18(19)20;1-2-3-4-5-6-7-8-9-10-11-12-13-14-15-16(17)18;11-10(12)8-4-7-9-5-2-1-3-6-9/h17H,3-16H2,1-2H3;2-15H2,1H3;1-3,5-6H,4,7-8H2. The van der Waals surface area contributed by atoms with E-state index in [0.717, 1.165) is 44.9 Å². The van der Waals surface area contributed by atoms with Crippen molar-refractivity contribution in [3.8, 4) is 0 Å². The molecule has 50 heavy (non-hydrogen) atoms. The third kappa shape index (κ3) is 41.6. The summed E-state index contributed by atoms with van der Waals surface area (Å²) in [6, 6.07) is 9.51. The second-order valence-electron chi connectivity index (χ2n) is 14.0. The maximum absolute atomic E-state index is 10.8. The average Bonchev–Trinajstić information content (AvgIpc) is 3.09. The lowest BCUT2D eigenvalue weighted by Gasteiger charge is -2.07. The first-order valence-corrected chi connectivity index (χ1v) is 20.7. The molecule has 0 saturated carbocycles. The molecule has 1 aromatic rings. The molecule has 0 saturated heterocycles. The van der Waals surface area contributed by atoms with E-state index in [0.29, 0.717) is 6.42 Å². The lowest BCUT2D eigenvalue weighted by Crippen LogP contribution is -2.18. The van der Waals surface area contributed by atoms with Gasteiger partial charge >= 0.3 is 0 Å². The summed E-state index contributed by atoms with van der Waals surface area (Å²) in [6.45, 7) is 6.75. The molecule has 0 aliphatic carbocycles. The number of nitrogens with zero attached hydrogens (tertiary/aromatic N) is 3. The minimum absolute atomic E-state index is 0.0644. The maximum atomic E-state index is 10.8. The zero-order valence-electron chi connectivity index (χ0n) is 32.7. The molecule has 0 heterocycles. The Bertz CT molecular complexity index is 871. The SMILES string of the molecule is CCCCCCCCCCCCCC(CCC)[N+](=O)[O-].CCCCCCCCCCCCCCC[N+](=O)[O-].O=[N+]([O-])CCCc1ccccc1. The van der Waals surface area contributed by atoms with Crippen molar-refractivity contribution in [2.24, 2.45) is 0 Å². The zero-order chi connectivity index (χ0) is 37.3. The summed E-state index contributed by atoms with van der Waals surface area (Å²) >= 11 is 0. The van der Waals surface area contributed by atoms with Crippen LogP contribution in [0.1, 0.15) is 206 Å².